The molecule has 0 saturated heterocycles. The smallest absolute Gasteiger partial charge is 0.322 e. The zero-order valence-electron chi connectivity index (χ0n) is 12.4. The number of benzene rings is 1. The molecule has 1 aromatic rings. The monoisotopic (exact) mass is 303 g/mol. The number of nitrogens with zero attached hydrogens (tertiary/aromatic N) is 1. The highest BCUT2D eigenvalue weighted by Gasteiger charge is 2.23. The lowest BCUT2D eigenvalue weighted by Gasteiger charge is -2.05. The van der Waals surface area contributed by atoms with Gasteiger partial charge in [-0.3, -0.25) is 14.6 Å². The number of ketones is 1. The second kappa shape index (κ2) is 7.40. The van der Waals surface area contributed by atoms with E-state index >= 15 is 0 Å². The molecular formula is C16H17NO5. The molecule has 6 nitrogen and oxygen atoms in total. The molecule has 0 saturated carbocycles. The van der Waals surface area contributed by atoms with Gasteiger partial charge >= 0.3 is 5.97 Å². The van der Waals surface area contributed by atoms with Crippen molar-refractivity contribution in [3.05, 3.63) is 29.8 Å². The number of hydrogen-bond donors (Lipinski definition) is 0. The van der Waals surface area contributed by atoms with Gasteiger partial charge in [0.1, 0.15) is 0 Å². The van der Waals surface area contributed by atoms with Crippen LogP contribution in [0.2, 0.25) is 0 Å². The summed E-state index contributed by atoms with van der Waals surface area (Å²) < 4.78 is 15.1. The van der Waals surface area contributed by atoms with Crippen molar-refractivity contribution in [1.29, 1.82) is 0 Å². The molecule has 0 bridgehead atoms. The van der Waals surface area contributed by atoms with Gasteiger partial charge in [0.15, 0.2) is 23.2 Å². The molecule has 0 N–H and O–H groups in total. The largest absolute Gasteiger partial charge is 0.468 e. The highest BCUT2D eigenvalue weighted by atomic mass is 16.7. The minimum absolute atomic E-state index is 0.194. The van der Waals surface area contributed by atoms with E-state index in [9.17, 15) is 9.59 Å². The van der Waals surface area contributed by atoms with Gasteiger partial charge < -0.3 is 14.2 Å². The first-order valence-corrected chi connectivity index (χ1v) is 6.85. The number of ether oxygens (including phenoxy) is 3. The maximum absolute atomic E-state index is 12.1. The first-order valence-electron chi connectivity index (χ1n) is 6.85. The molecule has 1 aliphatic heterocycles. The van der Waals surface area contributed by atoms with Crippen molar-refractivity contribution in [2.24, 2.45) is 10.9 Å². The third-order valence-electron chi connectivity index (χ3n) is 3.04. The molecule has 0 spiro atoms. The summed E-state index contributed by atoms with van der Waals surface area (Å²) in [5, 5.41) is 0. The summed E-state index contributed by atoms with van der Waals surface area (Å²) >= 11 is 0. The number of allylic oxidation sites excluding steroid dienone is 1. The van der Waals surface area contributed by atoms with Crippen LogP contribution in [0.4, 0.5) is 0 Å². The van der Waals surface area contributed by atoms with E-state index in [1.54, 1.807) is 24.3 Å². The van der Waals surface area contributed by atoms with Crippen LogP contribution in [0.3, 0.4) is 0 Å². The summed E-state index contributed by atoms with van der Waals surface area (Å²) in [5.41, 5.74) is 0.772. The van der Waals surface area contributed by atoms with Crippen LogP contribution in [-0.2, 0) is 14.3 Å². The van der Waals surface area contributed by atoms with Crippen LogP contribution in [-0.4, -0.2) is 38.4 Å². The van der Waals surface area contributed by atoms with Crippen molar-refractivity contribution >= 4 is 24.0 Å². The van der Waals surface area contributed by atoms with Crippen molar-refractivity contribution in [3.63, 3.8) is 0 Å². The van der Waals surface area contributed by atoms with Crippen molar-refractivity contribution in [2.75, 3.05) is 20.4 Å². The third kappa shape index (κ3) is 3.72. The minimum Gasteiger partial charge on any atom is -0.468 e. The average molecular weight is 303 g/mol. The van der Waals surface area contributed by atoms with E-state index in [0.717, 1.165) is 5.56 Å². The van der Waals surface area contributed by atoms with Gasteiger partial charge in [0, 0.05) is 12.8 Å². The Morgan fingerprint density at radius 3 is 2.86 bits per heavy atom. The summed E-state index contributed by atoms with van der Waals surface area (Å²) in [4.78, 5) is 27.7. The summed E-state index contributed by atoms with van der Waals surface area (Å²) in [6.45, 7) is 2.50. The quantitative estimate of drug-likeness (QED) is 0.347. The summed E-state index contributed by atoms with van der Waals surface area (Å²) in [6.07, 6.45) is 4.26. The summed E-state index contributed by atoms with van der Waals surface area (Å²) in [5.74, 6) is -0.730. The molecule has 116 valence electrons. The number of hydrogen-bond acceptors (Lipinski definition) is 6. The van der Waals surface area contributed by atoms with E-state index < -0.39 is 11.9 Å². The summed E-state index contributed by atoms with van der Waals surface area (Å²) in [7, 11) is 1.24. The van der Waals surface area contributed by atoms with E-state index in [0.29, 0.717) is 18.0 Å². The molecule has 0 fully saturated rings. The second-order valence-corrected chi connectivity index (χ2v) is 4.50. The molecule has 0 amide bonds. The Labute approximate surface area is 128 Å². The van der Waals surface area contributed by atoms with Crippen LogP contribution in [0.1, 0.15) is 12.5 Å². The van der Waals surface area contributed by atoms with Crippen molar-refractivity contribution < 1.29 is 23.8 Å². The van der Waals surface area contributed by atoms with Crippen LogP contribution in [0, 0.1) is 5.92 Å². The molecule has 0 aliphatic carbocycles. The first kappa shape index (κ1) is 15.8. The lowest BCUT2D eigenvalue weighted by atomic mass is 10.0. The highest BCUT2D eigenvalue weighted by molar-refractivity contribution is 6.17. The minimum atomic E-state index is -1.02. The van der Waals surface area contributed by atoms with Gasteiger partial charge in [-0.05, 0) is 30.7 Å². The Bertz CT molecular complexity index is 621. The molecule has 1 aliphatic rings. The Hall–Kier alpha value is -2.63. The van der Waals surface area contributed by atoms with E-state index in [1.807, 2.05) is 6.92 Å². The molecule has 22 heavy (non-hydrogen) atoms. The van der Waals surface area contributed by atoms with Gasteiger partial charge in [0.25, 0.3) is 0 Å². The van der Waals surface area contributed by atoms with Gasteiger partial charge in [-0.15, -0.1) is 0 Å². The number of rotatable bonds is 6. The second-order valence-electron chi connectivity index (χ2n) is 4.50. The van der Waals surface area contributed by atoms with Crippen molar-refractivity contribution in [3.8, 4) is 11.5 Å². The highest BCUT2D eigenvalue weighted by Crippen LogP contribution is 2.32. The summed E-state index contributed by atoms with van der Waals surface area (Å²) in [6, 6.07) is 5.33. The molecule has 2 rings (SSSR count). The number of fused-ring (bicyclic) bond motifs is 1. The fraction of sp³-hybridized carbons (Fsp3) is 0.312. The van der Waals surface area contributed by atoms with Gasteiger partial charge in [-0.2, -0.15) is 0 Å². The number of aliphatic imine (C=N–C) groups is 1. The maximum Gasteiger partial charge on any atom is 0.322 e. The number of carbonyl (C=O) groups is 2. The number of methoxy groups -OCH3 is 1. The van der Waals surface area contributed by atoms with Gasteiger partial charge in [0.2, 0.25) is 6.79 Å². The predicted octanol–water partition coefficient (Wildman–Crippen LogP) is 1.88. The van der Waals surface area contributed by atoms with Crippen LogP contribution in [0.5, 0.6) is 11.5 Å². The van der Waals surface area contributed by atoms with Crippen LogP contribution in [0.15, 0.2) is 29.3 Å². The SMILES string of the molecule is CCN=CC(C(=O)C=Cc1ccc2c(c1)OCO2)C(=O)OC. The van der Waals surface area contributed by atoms with E-state index in [2.05, 4.69) is 9.73 Å². The molecule has 1 aromatic carbocycles. The zero-order valence-corrected chi connectivity index (χ0v) is 12.4. The molecular weight excluding hydrogens is 286 g/mol. The molecule has 1 atom stereocenters. The molecule has 0 aromatic heterocycles. The zero-order chi connectivity index (χ0) is 15.9. The molecule has 1 unspecified atom stereocenters. The molecule has 6 heteroatoms. The number of carbonyl (C=O) groups excluding carboxylic acids is 2. The van der Waals surface area contributed by atoms with Crippen LogP contribution in [0.25, 0.3) is 6.08 Å². The fourth-order valence-electron chi connectivity index (χ4n) is 1.89. The Balaban J connectivity index is 2.11. The van der Waals surface area contributed by atoms with E-state index in [4.69, 9.17) is 9.47 Å². The normalized spacial score (nSPS) is 14.5. The first-order chi connectivity index (χ1) is 10.7. The third-order valence-corrected chi connectivity index (χ3v) is 3.04. The molecule has 1 heterocycles. The van der Waals surface area contributed by atoms with E-state index in [1.165, 1.54) is 19.4 Å². The van der Waals surface area contributed by atoms with Gasteiger partial charge in [-0.25, -0.2) is 0 Å². The van der Waals surface area contributed by atoms with Crippen molar-refractivity contribution in [1.82, 2.24) is 0 Å². The number of esters is 1. The molecule has 0 radical (unpaired) electrons. The van der Waals surface area contributed by atoms with E-state index in [-0.39, 0.29) is 12.6 Å². The standard InChI is InChI=1S/C16H17NO5/c1-3-17-9-12(16(19)20-2)13(18)6-4-11-5-7-14-15(8-11)22-10-21-14/h4-9,12H,3,10H2,1-2H3. The van der Waals surface area contributed by atoms with Crippen LogP contribution >= 0.6 is 0 Å². The Morgan fingerprint density at radius 1 is 1.36 bits per heavy atom. The maximum atomic E-state index is 12.1. The Morgan fingerprint density at radius 2 is 2.14 bits per heavy atom. The average Bonchev–Trinajstić information content (AvgIpc) is 3.00. The lowest BCUT2D eigenvalue weighted by Crippen LogP contribution is -2.25. The fourth-order valence-corrected chi connectivity index (χ4v) is 1.89. The topological polar surface area (TPSA) is 74.2 Å². The van der Waals surface area contributed by atoms with Gasteiger partial charge in [0.05, 0.1) is 7.11 Å². The lowest BCUT2D eigenvalue weighted by molar-refractivity contribution is -0.145. The van der Waals surface area contributed by atoms with Gasteiger partial charge in [-0.1, -0.05) is 12.1 Å². The Kier molecular flexibility index (Phi) is 5.30. The predicted molar refractivity (Wildman–Crippen MR) is 81.1 cm³/mol. The van der Waals surface area contributed by atoms with Crippen LogP contribution < -0.4 is 9.47 Å². The van der Waals surface area contributed by atoms with Crippen molar-refractivity contribution in [2.45, 2.75) is 6.92 Å².